The first-order chi connectivity index (χ1) is 9.49. The minimum atomic E-state index is -0.906. The topological polar surface area (TPSA) is 32.3 Å². The largest absolute Gasteiger partial charge is 0.386 e. The van der Waals surface area contributed by atoms with E-state index in [-0.39, 0.29) is 6.54 Å². The number of aliphatic hydroxyl groups is 1. The van der Waals surface area contributed by atoms with E-state index >= 15 is 0 Å². The average molecular weight is 403 g/mol. The molecule has 0 aliphatic rings. The normalized spacial score (nSPS) is 12.2. The van der Waals surface area contributed by atoms with Crippen LogP contribution >= 0.6 is 31.9 Å². The molecule has 0 fully saturated rings. The molecule has 1 unspecified atom stereocenters. The molecule has 0 heterocycles. The SMILES string of the molecule is Cc1cc(Br)c(NCC(O)c2ccccc2F)c(Br)c1. The maximum atomic E-state index is 13.6. The van der Waals surface area contributed by atoms with Crippen LogP contribution in [-0.2, 0) is 0 Å². The number of rotatable bonds is 4. The molecule has 0 saturated carbocycles. The molecule has 0 aromatic heterocycles. The van der Waals surface area contributed by atoms with Gasteiger partial charge in [0, 0.05) is 21.1 Å². The van der Waals surface area contributed by atoms with Crippen molar-refractivity contribution in [2.24, 2.45) is 0 Å². The van der Waals surface area contributed by atoms with Crippen molar-refractivity contribution < 1.29 is 9.50 Å². The highest BCUT2D eigenvalue weighted by Crippen LogP contribution is 2.32. The van der Waals surface area contributed by atoms with E-state index < -0.39 is 11.9 Å². The quantitative estimate of drug-likeness (QED) is 0.769. The van der Waals surface area contributed by atoms with Gasteiger partial charge >= 0.3 is 0 Å². The predicted octanol–water partition coefficient (Wildman–Crippen LogP) is 4.80. The van der Waals surface area contributed by atoms with Crippen LogP contribution in [0.2, 0.25) is 0 Å². The number of benzene rings is 2. The summed E-state index contributed by atoms with van der Waals surface area (Å²) in [6, 6.07) is 10.2. The van der Waals surface area contributed by atoms with Gasteiger partial charge in [-0.25, -0.2) is 4.39 Å². The molecule has 2 aromatic rings. The zero-order chi connectivity index (χ0) is 14.7. The first kappa shape index (κ1) is 15.5. The van der Waals surface area contributed by atoms with Crippen molar-refractivity contribution in [3.8, 4) is 0 Å². The van der Waals surface area contributed by atoms with Gasteiger partial charge in [0.05, 0.1) is 11.8 Å². The van der Waals surface area contributed by atoms with Crippen LogP contribution in [0.4, 0.5) is 10.1 Å². The van der Waals surface area contributed by atoms with Crippen molar-refractivity contribution in [2.45, 2.75) is 13.0 Å². The zero-order valence-corrected chi connectivity index (χ0v) is 14.0. The van der Waals surface area contributed by atoms with Crippen LogP contribution in [0, 0.1) is 12.7 Å². The molecule has 0 aliphatic carbocycles. The van der Waals surface area contributed by atoms with E-state index in [1.54, 1.807) is 18.2 Å². The number of aliphatic hydroxyl groups excluding tert-OH is 1. The average Bonchev–Trinajstić information content (AvgIpc) is 2.37. The van der Waals surface area contributed by atoms with E-state index in [9.17, 15) is 9.50 Å². The molecule has 2 aromatic carbocycles. The van der Waals surface area contributed by atoms with Gasteiger partial charge in [0.25, 0.3) is 0 Å². The first-order valence-electron chi connectivity index (χ1n) is 6.11. The lowest BCUT2D eigenvalue weighted by atomic mass is 10.1. The second kappa shape index (κ2) is 6.70. The summed E-state index contributed by atoms with van der Waals surface area (Å²) in [7, 11) is 0. The van der Waals surface area contributed by atoms with Crippen molar-refractivity contribution in [2.75, 3.05) is 11.9 Å². The van der Waals surface area contributed by atoms with Crippen LogP contribution in [0.1, 0.15) is 17.2 Å². The number of halogens is 3. The monoisotopic (exact) mass is 401 g/mol. The van der Waals surface area contributed by atoms with Crippen molar-refractivity contribution in [1.29, 1.82) is 0 Å². The van der Waals surface area contributed by atoms with Crippen molar-refractivity contribution >= 4 is 37.5 Å². The summed E-state index contributed by atoms with van der Waals surface area (Å²) in [5, 5.41) is 13.2. The fourth-order valence-corrected chi connectivity index (χ4v) is 3.62. The molecule has 5 heteroatoms. The second-order valence-electron chi connectivity index (χ2n) is 4.52. The van der Waals surface area contributed by atoms with Gasteiger partial charge in [-0.15, -0.1) is 0 Å². The van der Waals surface area contributed by atoms with Gasteiger partial charge in [-0.3, -0.25) is 0 Å². The van der Waals surface area contributed by atoms with E-state index in [1.165, 1.54) is 6.07 Å². The van der Waals surface area contributed by atoms with Gasteiger partial charge in [0.15, 0.2) is 0 Å². The maximum absolute atomic E-state index is 13.6. The zero-order valence-electron chi connectivity index (χ0n) is 10.8. The Morgan fingerprint density at radius 1 is 1.20 bits per heavy atom. The van der Waals surface area contributed by atoms with E-state index in [0.29, 0.717) is 5.56 Å². The predicted molar refractivity (Wildman–Crippen MR) is 86.4 cm³/mol. The van der Waals surface area contributed by atoms with E-state index in [1.807, 2.05) is 19.1 Å². The van der Waals surface area contributed by atoms with Gasteiger partial charge in [-0.1, -0.05) is 18.2 Å². The Kier molecular flexibility index (Phi) is 5.18. The molecule has 0 amide bonds. The molecule has 2 rings (SSSR count). The molecule has 2 N–H and O–H groups in total. The molecule has 106 valence electrons. The third kappa shape index (κ3) is 3.59. The van der Waals surface area contributed by atoms with Crippen molar-refractivity contribution in [1.82, 2.24) is 0 Å². The minimum Gasteiger partial charge on any atom is -0.386 e. The number of nitrogens with one attached hydrogen (secondary N) is 1. The third-order valence-corrected chi connectivity index (χ3v) is 4.17. The highest BCUT2D eigenvalue weighted by molar-refractivity contribution is 9.11. The smallest absolute Gasteiger partial charge is 0.129 e. The number of hydrogen-bond acceptors (Lipinski definition) is 2. The molecule has 2 nitrogen and oxygen atoms in total. The Labute approximate surface area is 134 Å². The fourth-order valence-electron chi connectivity index (χ4n) is 1.92. The van der Waals surface area contributed by atoms with E-state index in [4.69, 9.17) is 0 Å². The van der Waals surface area contributed by atoms with Gasteiger partial charge in [-0.05, 0) is 62.5 Å². The highest BCUT2D eigenvalue weighted by atomic mass is 79.9. The van der Waals surface area contributed by atoms with Crippen LogP contribution < -0.4 is 5.32 Å². The summed E-state index contributed by atoms with van der Waals surface area (Å²) in [6.07, 6.45) is -0.906. The lowest BCUT2D eigenvalue weighted by Crippen LogP contribution is -2.14. The van der Waals surface area contributed by atoms with Crippen LogP contribution in [-0.4, -0.2) is 11.7 Å². The minimum absolute atomic E-state index is 0.223. The molecule has 20 heavy (non-hydrogen) atoms. The lowest BCUT2D eigenvalue weighted by molar-refractivity contribution is 0.186. The van der Waals surface area contributed by atoms with Crippen LogP contribution in [0.5, 0.6) is 0 Å². The van der Waals surface area contributed by atoms with Gasteiger partial charge in [0.1, 0.15) is 5.82 Å². The molecule has 0 aliphatic heterocycles. The van der Waals surface area contributed by atoms with Crippen molar-refractivity contribution in [3.63, 3.8) is 0 Å². The fraction of sp³-hybridized carbons (Fsp3) is 0.200. The van der Waals surface area contributed by atoms with Gasteiger partial charge in [0.2, 0.25) is 0 Å². The summed E-state index contributed by atoms with van der Waals surface area (Å²) >= 11 is 6.94. The van der Waals surface area contributed by atoms with Crippen LogP contribution in [0.15, 0.2) is 45.3 Å². The third-order valence-electron chi connectivity index (χ3n) is 2.92. The second-order valence-corrected chi connectivity index (χ2v) is 6.23. The highest BCUT2D eigenvalue weighted by Gasteiger charge is 2.13. The maximum Gasteiger partial charge on any atom is 0.129 e. The molecule has 0 spiro atoms. The summed E-state index contributed by atoms with van der Waals surface area (Å²) in [4.78, 5) is 0. The van der Waals surface area contributed by atoms with E-state index in [2.05, 4.69) is 37.2 Å². The Morgan fingerprint density at radius 2 is 1.80 bits per heavy atom. The number of anilines is 1. The Hall–Kier alpha value is -0.910. The van der Waals surface area contributed by atoms with E-state index in [0.717, 1.165) is 20.2 Å². The van der Waals surface area contributed by atoms with Gasteiger partial charge in [-0.2, -0.15) is 0 Å². The molecular formula is C15H14Br2FNO. The van der Waals surface area contributed by atoms with Crippen molar-refractivity contribution in [3.05, 3.63) is 62.3 Å². The summed E-state index contributed by atoms with van der Waals surface area (Å²) in [5.74, 6) is -0.399. The Balaban J connectivity index is 2.12. The summed E-state index contributed by atoms with van der Waals surface area (Å²) < 4.78 is 15.4. The molecular weight excluding hydrogens is 389 g/mol. The lowest BCUT2D eigenvalue weighted by Gasteiger charge is -2.16. The number of aryl methyl sites for hydroxylation is 1. The molecule has 1 atom stereocenters. The molecule has 0 radical (unpaired) electrons. The number of hydrogen-bond donors (Lipinski definition) is 2. The Morgan fingerprint density at radius 3 is 2.40 bits per heavy atom. The Bertz CT molecular complexity index is 596. The standard InChI is InChI=1S/C15H14Br2FNO/c1-9-6-11(16)15(12(17)7-9)19-8-14(20)10-4-2-3-5-13(10)18/h2-7,14,19-20H,8H2,1H3. The summed E-state index contributed by atoms with van der Waals surface area (Å²) in [5.41, 5.74) is 2.24. The van der Waals surface area contributed by atoms with Crippen LogP contribution in [0.3, 0.4) is 0 Å². The molecule has 0 saturated heterocycles. The summed E-state index contributed by atoms with van der Waals surface area (Å²) in [6.45, 7) is 2.22. The first-order valence-corrected chi connectivity index (χ1v) is 7.69. The van der Waals surface area contributed by atoms with Crippen LogP contribution in [0.25, 0.3) is 0 Å². The molecule has 0 bridgehead atoms. The van der Waals surface area contributed by atoms with Gasteiger partial charge < -0.3 is 10.4 Å².